The number of benzene rings is 2. The van der Waals surface area contributed by atoms with Crippen molar-refractivity contribution in [1.82, 2.24) is 4.90 Å². The number of carbonyl (C=O) groups excluding carboxylic acids is 1. The summed E-state index contributed by atoms with van der Waals surface area (Å²) in [6, 6.07) is 15.7. The Balaban J connectivity index is 1.90. The van der Waals surface area contributed by atoms with E-state index >= 15 is 0 Å². The third kappa shape index (κ3) is 3.14. The van der Waals surface area contributed by atoms with E-state index < -0.39 is 0 Å². The average molecular weight is 365 g/mol. The zero-order valence-electron chi connectivity index (χ0n) is 11.4. The highest BCUT2D eigenvalue weighted by atomic mass is 79.9. The summed E-state index contributed by atoms with van der Waals surface area (Å²) in [7, 11) is 0. The van der Waals surface area contributed by atoms with Gasteiger partial charge in [0.25, 0.3) is 5.91 Å². The number of likely N-dealkylation sites (tertiary alicyclic amines) is 1. The number of rotatable bonds is 2. The van der Waals surface area contributed by atoms with Crippen molar-refractivity contribution in [2.75, 3.05) is 6.54 Å². The van der Waals surface area contributed by atoms with Gasteiger partial charge in [0, 0.05) is 21.6 Å². The number of halogens is 2. The van der Waals surface area contributed by atoms with Crippen molar-refractivity contribution in [3.05, 3.63) is 69.2 Å². The Morgan fingerprint density at radius 1 is 1.19 bits per heavy atom. The Bertz CT molecular complexity index is 639. The summed E-state index contributed by atoms with van der Waals surface area (Å²) >= 11 is 9.45. The summed E-state index contributed by atoms with van der Waals surface area (Å²) in [6.07, 6.45) is 2.05. The number of amides is 1. The first-order chi connectivity index (χ1) is 10.1. The normalized spacial score (nSPS) is 18.0. The van der Waals surface area contributed by atoms with Gasteiger partial charge in [0.2, 0.25) is 0 Å². The van der Waals surface area contributed by atoms with Gasteiger partial charge in [-0.3, -0.25) is 4.79 Å². The van der Waals surface area contributed by atoms with Crippen LogP contribution in [0.2, 0.25) is 5.02 Å². The summed E-state index contributed by atoms with van der Waals surface area (Å²) in [5.74, 6) is 0.0459. The van der Waals surface area contributed by atoms with Crippen LogP contribution >= 0.6 is 27.5 Å². The third-order valence-corrected chi connectivity index (χ3v) is 4.48. The highest BCUT2D eigenvalue weighted by Gasteiger charge is 2.30. The summed E-state index contributed by atoms with van der Waals surface area (Å²) < 4.78 is 0.828. The van der Waals surface area contributed by atoms with E-state index in [0.717, 1.165) is 23.9 Å². The number of carbonyl (C=O) groups is 1. The van der Waals surface area contributed by atoms with Crippen LogP contribution in [-0.4, -0.2) is 17.4 Å². The van der Waals surface area contributed by atoms with Gasteiger partial charge in [-0.15, -0.1) is 0 Å². The second-order valence-corrected chi connectivity index (χ2v) is 6.58. The van der Waals surface area contributed by atoms with Crippen LogP contribution in [0.5, 0.6) is 0 Å². The first-order valence-corrected chi connectivity index (χ1v) is 8.14. The molecule has 0 aliphatic carbocycles. The average Bonchev–Trinajstić information content (AvgIpc) is 2.95. The quantitative estimate of drug-likeness (QED) is 0.727. The fourth-order valence-electron chi connectivity index (χ4n) is 2.87. The molecule has 1 amide bonds. The number of hydrogen-bond acceptors (Lipinski definition) is 1. The van der Waals surface area contributed by atoms with Gasteiger partial charge in [-0.05, 0) is 36.6 Å². The number of nitrogens with zero attached hydrogens (tertiary/aromatic N) is 1. The van der Waals surface area contributed by atoms with Gasteiger partial charge in [-0.25, -0.2) is 0 Å². The first kappa shape index (κ1) is 14.6. The van der Waals surface area contributed by atoms with E-state index in [4.69, 9.17) is 11.6 Å². The second kappa shape index (κ2) is 6.20. The van der Waals surface area contributed by atoms with Gasteiger partial charge in [0.1, 0.15) is 0 Å². The molecule has 1 saturated heterocycles. The first-order valence-electron chi connectivity index (χ1n) is 6.97. The molecule has 1 heterocycles. The summed E-state index contributed by atoms with van der Waals surface area (Å²) in [4.78, 5) is 14.7. The minimum Gasteiger partial charge on any atom is -0.332 e. The lowest BCUT2D eigenvalue weighted by molar-refractivity contribution is 0.0735. The molecular formula is C17H15BrClNO. The molecule has 0 aromatic heterocycles. The van der Waals surface area contributed by atoms with Crippen LogP contribution in [-0.2, 0) is 0 Å². The molecule has 108 valence electrons. The van der Waals surface area contributed by atoms with Crippen LogP contribution < -0.4 is 0 Å². The maximum absolute atomic E-state index is 12.8. The minimum absolute atomic E-state index is 0.0459. The van der Waals surface area contributed by atoms with Crippen LogP contribution in [0, 0.1) is 0 Å². The van der Waals surface area contributed by atoms with E-state index in [0.29, 0.717) is 10.6 Å². The lowest BCUT2D eigenvalue weighted by Gasteiger charge is -2.25. The van der Waals surface area contributed by atoms with Crippen molar-refractivity contribution in [2.24, 2.45) is 0 Å². The topological polar surface area (TPSA) is 20.3 Å². The molecule has 1 unspecified atom stereocenters. The molecule has 4 heteroatoms. The lowest BCUT2D eigenvalue weighted by atomic mass is 10.0. The smallest absolute Gasteiger partial charge is 0.254 e. The van der Waals surface area contributed by atoms with E-state index in [1.54, 1.807) is 12.1 Å². The number of hydrogen-bond donors (Lipinski definition) is 0. The van der Waals surface area contributed by atoms with E-state index in [9.17, 15) is 4.79 Å². The van der Waals surface area contributed by atoms with E-state index in [1.807, 2.05) is 29.2 Å². The zero-order chi connectivity index (χ0) is 14.8. The van der Waals surface area contributed by atoms with Crippen LogP contribution in [0.15, 0.2) is 53.0 Å². The third-order valence-electron chi connectivity index (χ3n) is 3.81. The standard InChI is InChI=1S/C17H15BrClNO/c18-14-9-13(10-15(19)11-14)17(21)20-8-4-7-16(20)12-5-2-1-3-6-12/h1-3,5-6,9-11,16H,4,7-8H2. The molecule has 3 rings (SSSR count). The molecule has 0 saturated carbocycles. The van der Waals surface area contributed by atoms with Crippen molar-refractivity contribution in [3.8, 4) is 0 Å². The van der Waals surface area contributed by atoms with Crippen LogP contribution in [0.3, 0.4) is 0 Å². The molecule has 0 radical (unpaired) electrons. The highest BCUT2D eigenvalue weighted by molar-refractivity contribution is 9.10. The molecule has 0 N–H and O–H groups in total. The molecule has 2 nitrogen and oxygen atoms in total. The van der Waals surface area contributed by atoms with Gasteiger partial charge in [-0.1, -0.05) is 57.9 Å². The van der Waals surface area contributed by atoms with Gasteiger partial charge < -0.3 is 4.90 Å². The van der Waals surface area contributed by atoms with Crippen LogP contribution in [0.4, 0.5) is 0 Å². The molecule has 0 bridgehead atoms. The molecule has 1 fully saturated rings. The Morgan fingerprint density at radius 3 is 2.67 bits per heavy atom. The van der Waals surface area contributed by atoms with Gasteiger partial charge in [0.05, 0.1) is 6.04 Å². The maximum atomic E-state index is 12.8. The molecule has 21 heavy (non-hydrogen) atoms. The predicted octanol–water partition coefficient (Wildman–Crippen LogP) is 5.08. The predicted molar refractivity (Wildman–Crippen MR) is 88.6 cm³/mol. The molecule has 2 aromatic rings. The van der Waals surface area contributed by atoms with Crippen molar-refractivity contribution in [2.45, 2.75) is 18.9 Å². The van der Waals surface area contributed by atoms with E-state index in [2.05, 4.69) is 28.1 Å². The fraction of sp³-hybridized carbons (Fsp3) is 0.235. The van der Waals surface area contributed by atoms with Crippen LogP contribution in [0.25, 0.3) is 0 Å². The second-order valence-electron chi connectivity index (χ2n) is 5.23. The van der Waals surface area contributed by atoms with Gasteiger partial charge in [0.15, 0.2) is 0 Å². The molecular weight excluding hydrogens is 350 g/mol. The van der Waals surface area contributed by atoms with Crippen LogP contribution in [0.1, 0.15) is 34.8 Å². The van der Waals surface area contributed by atoms with Crippen molar-refractivity contribution >= 4 is 33.4 Å². The molecule has 1 aliphatic heterocycles. The minimum atomic E-state index is 0.0459. The monoisotopic (exact) mass is 363 g/mol. The Labute approximate surface area is 137 Å². The van der Waals surface area contributed by atoms with Crippen molar-refractivity contribution in [3.63, 3.8) is 0 Å². The Morgan fingerprint density at radius 2 is 1.95 bits per heavy atom. The highest BCUT2D eigenvalue weighted by Crippen LogP contribution is 2.33. The van der Waals surface area contributed by atoms with Gasteiger partial charge in [-0.2, -0.15) is 0 Å². The van der Waals surface area contributed by atoms with E-state index in [-0.39, 0.29) is 11.9 Å². The Hall–Kier alpha value is -1.32. The molecule has 1 aliphatic rings. The molecule has 2 aromatic carbocycles. The molecule has 0 spiro atoms. The van der Waals surface area contributed by atoms with Gasteiger partial charge >= 0.3 is 0 Å². The maximum Gasteiger partial charge on any atom is 0.254 e. The summed E-state index contributed by atoms with van der Waals surface area (Å²) in [6.45, 7) is 0.794. The summed E-state index contributed by atoms with van der Waals surface area (Å²) in [5.41, 5.74) is 1.83. The SMILES string of the molecule is O=C(c1cc(Cl)cc(Br)c1)N1CCCC1c1ccccc1. The molecule has 1 atom stereocenters. The largest absolute Gasteiger partial charge is 0.332 e. The lowest BCUT2D eigenvalue weighted by Crippen LogP contribution is -2.30. The van der Waals surface area contributed by atoms with Crippen molar-refractivity contribution < 1.29 is 4.79 Å². The van der Waals surface area contributed by atoms with E-state index in [1.165, 1.54) is 5.56 Å². The fourth-order valence-corrected chi connectivity index (χ4v) is 3.73. The zero-order valence-corrected chi connectivity index (χ0v) is 13.8. The van der Waals surface area contributed by atoms with Crippen molar-refractivity contribution in [1.29, 1.82) is 0 Å². The Kier molecular flexibility index (Phi) is 4.32. The summed E-state index contributed by atoms with van der Waals surface area (Å²) in [5, 5.41) is 0.572.